The summed E-state index contributed by atoms with van der Waals surface area (Å²) in [5.41, 5.74) is 3.61. The van der Waals surface area contributed by atoms with Crippen LogP contribution in [-0.4, -0.2) is 47.2 Å². The first kappa shape index (κ1) is 15.3. The van der Waals surface area contributed by atoms with Crippen LogP contribution in [-0.2, 0) is 25.4 Å². The van der Waals surface area contributed by atoms with Crippen molar-refractivity contribution < 1.29 is 4.79 Å². The van der Waals surface area contributed by atoms with Gasteiger partial charge in [-0.1, -0.05) is 0 Å². The van der Waals surface area contributed by atoms with E-state index in [1.165, 1.54) is 0 Å². The van der Waals surface area contributed by atoms with Crippen molar-refractivity contribution in [3.63, 3.8) is 0 Å². The normalized spacial score (nSPS) is 12.7. The summed E-state index contributed by atoms with van der Waals surface area (Å²) in [5.74, 6) is 0.00428. The van der Waals surface area contributed by atoms with Crippen LogP contribution < -0.4 is 0 Å². The third kappa shape index (κ3) is 2.60. The van der Waals surface area contributed by atoms with Crippen LogP contribution >= 0.6 is 0 Å². The summed E-state index contributed by atoms with van der Waals surface area (Å²) in [6, 6.07) is 1.53. The highest BCUT2D eigenvalue weighted by Crippen LogP contribution is 2.19. The van der Waals surface area contributed by atoms with Crippen molar-refractivity contribution in [2.24, 2.45) is 14.1 Å². The lowest BCUT2D eigenvalue weighted by atomic mass is 10.3. The molecule has 8 nitrogen and oxygen atoms in total. The molecular formula is C15H21N7O. The predicted molar refractivity (Wildman–Crippen MR) is 85.6 cm³/mol. The first-order valence-corrected chi connectivity index (χ1v) is 7.48. The molecule has 0 aliphatic rings. The van der Waals surface area contributed by atoms with E-state index in [1.54, 1.807) is 32.2 Å². The van der Waals surface area contributed by atoms with Crippen molar-refractivity contribution in [3.8, 4) is 0 Å². The molecule has 0 aromatic carbocycles. The molecule has 3 heterocycles. The van der Waals surface area contributed by atoms with Gasteiger partial charge in [-0.3, -0.25) is 18.8 Å². The fourth-order valence-corrected chi connectivity index (χ4v) is 2.71. The van der Waals surface area contributed by atoms with Crippen molar-refractivity contribution >= 4 is 16.9 Å². The van der Waals surface area contributed by atoms with Gasteiger partial charge in [0.2, 0.25) is 5.91 Å². The molecule has 23 heavy (non-hydrogen) atoms. The molecule has 0 N–H and O–H groups in total. The lowest BCUT2D eigenvalue weighted by Gasteiger charge is -2.21. The van der Waals surface area contributed by atoms with Gasteiger partial charge in [0.1, 0.15) is 17.1 Å². The maximum absolute atomic E-state index is 12.7. The Labute approximate surface area is 134 Å². The number of nitrogens with zero attached hydrogens (tertiary/aromatic N) is 7. The van der Waals surface area contributed by atoms with E-state index in [0.717, 1.165) is 22.4 Å². The SMILES string of the molecule is Cc1nn(C)c2cn(C(C)C(=O)N(C)Cc3ccnn3C)nc12. The van der Waals surface area contributed by atoms with E-state index in [0.29, 0.717) is 6.54 Å². The van der Waals surface area contributed by atoms with Crippen molar-refractivity contribution in [2.75, 3.05) is 7.05 Å². The maximum atomic E-state index is 12.7. The molecule has 122 valence electrons. The van der Waals surface area contributed by atoms with Gasteiger partial charge >= 0.3 is 0 Å². The van der Waals surface area contributed by atoms with Gasteiger partial charge in [-0.05, 0) is 19.9 Å². The molecule has 0 aliphatic heterocycles. The van der Waals surface area contributed by atoms with Gasteiger partial charge in [0.05, 0.1) is 24.1 Å². The topological polar surface area (TPSA) is 73.8 Å². The predicted octanol–water partition coefficient (Wildman–Crippen LogP) is 1.03. The van der Waals surface area contributed by atoms with Crippen LogP contribution in [0.2, 0.25) is 0 Å². The molecule has 0 aliphatic carbocycles. The third-order valence-electron chi connectivity index (χ3n) is 4.16. The number of aromatic nitrogens is 6. The van der Waals surface area contributed by atoms with Crippen molar-refractivity contribution in [2.45, 2.75) is 26.4 Å². The highest BCUT2D eigenvalue weighted by atomic mass is 16.2. The summed E-state index contributed by atoms with van der Waals surface area (Å²) < 4.78 is 5.26. The fourth-order valence-electron chi connectivity index (χ4n) is 2.71. The monoisotopic (exact) mass is 315 g/mol. The summed E-state index contributed by atoms with van der Waals surface area (Å²) in [6.07, 6.45) is 3.60. The fraction of sp³-hybridized carbons (Fsp3) is 0.467. The van der Waals surface area contributed by atoms with Crippen molar-refractivity contribution in [1.82, 2.24) is 34.2 Å². The van der Waals surface area contributed by atoms with E-state index in [-0.39, 0.29) is 11.9 Å². The Hall–Kier alpha value is -2.64. The third-order valence-corrected chi connectivity index (χ3v) is 4.16. The van der Waals surface area contributed by atoms with Crippen molar-refractivity contribution in [1.29, 1.82) is 0 Å². The van der Waals surface area contributed by atoms with Gasteiger partial charge in [-0.15, -0.1) is 0 Å². The van der Waals surface area contributed by atoms with E-state index >= 15 is 0 Å². The average Bonchev–Trinajstić information content (AvgIpc) is 3.18. The molecule has 1 atom stereocenters. The van der Waals surface area contributed by atoms with Gasteiger partial charge in [0, 0.05) is 27.3 Å². The van der Waals surface area contributed by atoms with Crippen LogP contribution in [0.3, 0.4) is 0 Å². The zero-order valence-corrected chi connectivity index (χ0v) is 14.1. The number of aryl methyl sites for hydroxylation is 3. The van der Waals surface area contributed by atoms with E-state index in [9.17, 15) is 4.79 Å². The van der Waals surface area contributed by atoms with Crippen LogP contribution in [0.5, 0.6) is 0 Å². The van der Waals surface area contributed by atoms with Gasteiger partial charge in [-0.2, -0.15) is 15.3 Å². The Bertz CT molecular complexity index is 822. The van der Waals surface area contributed by atoms with Crippen LogP contribution in [0.1, 0.15) is 24.4 Å². The van der Waals surface area contributed by atoms with Crippen LogP contribution in [0, 0.1) is 6.92 Å². The number of amides is 1. The van der Waals surface area contributed by atoms with Crippen LogP contribution in [0.4, 0.5) is 0 Å². The van der Waals surface area contributed by atoms with Gasteiger partial charge in [-0.25, -0.2) is 0 Å². The smallest absolute Gasteiger partial charge is 0.247 e. The second-order valence-corrected chi connectivity index (χ2v) is 5.87. The average molecular weight is 315 g/mol. The summed E-state index contributed by atoms with van der Waals surface area (Å²) in [6.45, 7) is 4.29. The molecule has 0 radical (unpaired) electrons. The minimum absolute atomic E-state index is 0.00428. The van der Waals surface area contributed by atoms with E-state index in [4.69, 9.17) is 0 Å². The Kier molecular flexibility index (Phi) is 3.67. The highest BCUT2D eigenvalue weighted by Gasteiger charge is 2.22. The zero-order valence-electron chi connectivity index (χ0n) is 14.1. The van der Waals surface area contributed by atoms with E-state index < -0.39 is 0 Å². The maximum Gasteiger partial charge on any atom is 0.247 e. The summed E-state index contributed by atoms with van der Waals surface area (Å²) >= 11 is 0. The lowest BCUT2D eigenvalue weighted by molar-refractivity contribution is -0.133. The first-order chi connectivity index (χ1) is 10.9. The molecule has 0 spiro atoms. The molecule has 0 bridgehead atoms. The van der Waals surface area contributed by atoms with Gasteiger partial charge < -0.3 is 4.90 Å². The Morgan fingerprint density at radius 1 is 1.30 bits per heavy atom. The van der Waals surface area contributed by atoms with E-state index in [1.807, 2.05) is 40.2 Å². The van der Waals surface area contributed by atoms with Gasteiger partial charge in [0.15, 0.2) is 0 Å². The number of carbonyl (C=O) groups is 1. The Morgan fingerprint density at radius 3 is 2.65 bits per heavy atom. The molecular weight excluding hydrogens is 294 g/mol. The molecule has 3 rings (SSSR count). The first-order valence-electron chi connectivity index (χ1n) is 7.48. The minimum atomic E-state index is -0.375. The molecule has 3 aromatic rings. The highest BCUT2D eigenvalue weighted by molar-refractivity contribution is 5.81. The number of hydrogen-bond donors (Lipinski definition) is 0. The van der Waals surface area contributed by atoms with Crippen LogP contribution in [0.25, 0.3) is 11.0 Å². The largest absolute Gasteiger partial charge is 0.338 e. The van der Waals surface area contributed by atoms with Crippen molar-refractivity contribution in [3.05, 3.63) is 29.8 Å². The molecule has 0 saturated heterocycles. The Balaban J connectivity index is 1.80. The standard InChI is InChI=1S/C15H21N7O/c1-10-14-13(21(5)17-10)9-22(18-14)11(2)15(23)19(3)8-12-6-7-16-20(12)4/h6-7,9,11H,8H2,1-5H3. The lowest BCUT2D eigenvalue weighted by Crippen LogP contribution is -2.33. The number of fused-ring (bicyclic) bond motifs is 1. The number of rotatable bonds is 4. The summed E-state index contributed by atoms with van der Waals surface area (Å²) in [7, 11) is 5.54. The molecule has 0 saturated carbocycles. The number of likely N-dealkylation sites (N-methyl/N-ethyl adjacent to an activating group) is 1. The number of carbonyl (C=O) groups excluding carboxylic acids is 1. The van der Waals surface area contributed by atoms with Crippen LogP contribution in [0.15, 0.2) is 18.5 Å². The Morgan fingerprint density at radius 2 is 2.04 bits per heavy atom. The minimum Gasteiger partial charge on any atom is -0.338 e. The quantitative estimate of drug-likeness (QED) is 0.721. The summed E-state index contributed by atoms with van der Waals surface area (Å²) in [5, 5.41) is 13.0. The molecule has 0 fully saturated rings. The van der Waals surface area contributed by atoms with Gasteiger partial charge in [0.25, 0.3) is 0 Å². The molecule has 1 amide bonds. The second-order valence-electron chi connectivity index (χ2n) is 5.87. The van der Waals surface area contributed by atoms with E-state index in [2.05, 4.69) is 15.3 Å². The molecule has 8 heteroatoms. The zero-order chi connectivity index (χ0) is 16.7. The summed E-state index contributed by atoms with van der Waals surface area (Å²) in [4.78, 5) is 14.4. The molecule has 1 unspecified atom stereocenters. The second kappa shape index (κ2) is 5.53. The number of hydrogen-bond acceptors (Lipinski definition) is 4. The molecule has 3 aromatic heterocycles.